The SMILES string of the molecule is CCCCCCCCCCCCCCCCCC[C@H](CCCC)c1[nH]cc[n+]1C(C)C. The summed E-state index contributed by atoms with van der Waals surface area (Å²) in [5.41, 5.74) is 0. The maximum absolute atomic E-state index is 3.56. The topological polar surface area (TPSA) is 19.7 Å². The van der Waals surface area contributed by atoms with Crippen molar-refractivity contribution in [3.8, 4) is 0 Å². The normalized spacial score (nSPS) is 12.7. The zero-order chi connectivity index (χ0) is 22.6. The molecular weight excluding hydrogens is 376 g/mol. The van der Waals surface area contributed by atoms with Crippen molar-refractivity contribution in [2.75, 3.05) is 0 Å². The molecule has 0 saturated carbocycles. The van der Waals surface area contributed by atoms with Crippen LogP contribution in [0.25, 0.3) is 0 Å². The summed E-state index contributed by atoms with van der Waals surface area (Å²) >= 11 is 0. The number of nitrogens with zero attached hydrogens (tertiary/aromatic N) is 1. The minimum atomic E-state index is 0.552. The molecule has 0 amide bonds. The molecule has 0 saturated heterocycles. The summed E-state index contributed by atoms with van der Waals surface area (Å²) in [6.07, 6.45) is 32.9. The van der Waals surface area contributed by atoms with E-state index in [0.717, 1.165) is 0 Å². The summed E-state index contributed by atoms with van der Waals surface area (Å²) in [5, 5.41) is 0. The first-order valence-corrected chi connectivity index (χ1v) is 14.3. The summed E-state index contributed by atoms with van der Waals surface area (Å²) in [6.45, 7) is 9.21. The van der Waals surface area contributed by atoms with Gasteiger partial charge < -0.3 is 0 Å². The monoisotopic (exact) mass is 433 g/mol. The van der Waals surface area contributed by atoms with Crippen LogP contribution in [0, 0.1) is 0 Å². The number of H-pyrrole nitrogens is 1. The van der Waals surface area contributed by atoms with Crippen molar-refractivity contribution in [3.63, 3.8) is 0 Å². The molecule has 31 heavy (non-hydrogen) atoms. The van der Waals surface area contributed by atoms with Crippen molar-refractivity contribution >= 4 is 0 Å². The molecule has 0 fully saturated rings. The minimum Gasteiger partial charge on any atom is -0.247 e. The Kier molecular flexibility index (Phi) is 18.1. The molecule has 0 aliphatic rings. The van der Waals surface area contributed by atoms with E-state index >= 15 is 0 Å². The van der Waals surface area contributed by atoms with E-state index in [4.69, 9.17) is 0 Å². The Morgan fingerprint density at radius 1 is 0.613 bits per heavy atom. The first-order chi connectivity index (χ1) is 15.2. The average molecular weight is 434 g/mol. The molecule has 0 spiro atoms. The van der Waals surface area contributed by atoms with Gasteiger partial charge in [0.15, 0.2) is 0 Å². The Morgan fingerprint density at radius 3 is 1.48 bits per heavy atom. The standard InChI is InChI=1S/C29H56N2/c1-5-7-9-10-11-12-13-14-15-16-17-18-19-20-21-22-24-28(23-8-6-2)29-30-25-26-31(29)27(3)4/h25-28H,5-24H2,1-4H3/p+1/t28-/m0/s1. The Bertz CT molecular complexity index is 491. The minimum absolute atomic E-state index is 0.552. The van der Waals surface area contributed by atoms with Crippen LogP contribution in [0.1, 0.15) is 174 Å². The number of aromatic amines is 1. The van der Waals surface area contributed by atoms with E-state index in [1.807, 2.05) is 0 Å². The first-order valence-electron chi connectivity index (χ1n) is 14.3. The third kappa shape index (κ3) is 14.1. The quantitative estimate of drug-likeness (QED) is 0.139. The Labute approximate surface area is 196 Å². The van der Waals surface area contributed by atoms with Gasteiger partial charge in [0.2, 0.25) is 0 Å². The molecule has 0 bridgehead atoms. The van der Waals surface area contributed by atoms with Crippen molar-refractivity contribution in [2.24, 2.45) is 0 Å². The number of aromatic nitrogens is 2. The molecular formula is C29H57N2+. The summed E-state index contributed by atoms with van der Waals surface area (Å²) < 4.78 is 2.45. The van der Waals surface area contributed by atoms with E-state index in [1.165, 1.54) is 134 Å². The van der Waals surface area contributed by atoms with E-state index in [2.05, 4.69) is 49.6 Å². The summed E-state index contributed by atoms with van der Waals surface area (Å²) in [4.78, 5) is 3.56. The third-order valence-corrected chi connectivity index (χ3v) is 7.00. The zero-order valence-corrected chi connectivity index (χ0v) is 21.9. The van der Waals surface area contributed by atoms with Crippen molar-refractivity contribution in [1.29, 1.82) is 0 Å². The lowest BCUT2D eigenvalue weighted by Gasteiger charge is -2.15. The van der Waals surface area contributed by atoms with Crippen LogP contribution >= 0.6 is 0 Å². The Morgan fingerprint density at radius 2 is 1.03 bits per heavy atom. The van der Waals surface area contributed by atoms with Crippen molar-refractivity contribution in [3.05, 3.63) is 18.2 Å². The highest BCUT2D eigenvalue weighted by Crippen LogP contribution is 2.26. The number of unbranched alkanes of at least 4 members (excludes halogenated alkanes) is 16. The van der Waals surface area contributed by atoms with Gasteiger partial charge in [-0.2, -0.15) is 0 Å². The average Bonchev–Trinajstić information content (AvgIpc) is 3.25. The van der Waals surface area contributed by atoms with Crippen LogP contribution in [0.4, 0.5) is 0 Å². The lowest BCUT2D eigenvalue weighted by molar-refractivity contribution is -0.723. The van der Waals surface area contributed by atoms with Gasteiger partial charge in [-0.25, -0.2) is 9.55 Å². The van der Waals surface area contributed by atoms with Gasteiger partial charge in [0.25, 0.3) is 5.82 Å². The van der Waals surface area contributed by atoms with Crippen LogP contribution in [0.15, 0.2) is 12.4 Å². The fourth-order valence-electron chi connectivity index (χ4n) is 4.94. The number of hydrogen-bond acceptors (Lipinski definition) is 0. The predicted molar refractivity (Wildman–Crippen MR) is 138 cm³/mol. The maximum atomic E-state index is 3.56. The summed E-state index contributed by atoms with van der Waals surface area (Å²) in [7, 11) is 0. The van der Waals surface area contributed by atoms with Crippen LogP contribution < -0.4 is 4.57 Å². The predicted octanol–water partition coefficient (Wildman–Crippen LogP) is 9.81. The van der Waals surface area contributed by atoms with Crippen molar-refractivity contribution < 1.29 is 4.57 Å². The number of rotatable bonds is 22. The van der Waals surface area contributed by atoms with Crippen LogP contribution in [0.3, 0.4) is 0 Å². The van der Waals surface area contributed by atoms with Gasteiger partial charge in [-0.15, -0.1) is 0 Å². The van der Waals surface area contributed by atoms with E-state index in [1.54, 1.807) is 0 Å². The van der Waals surface area contributed by atoms with Gasteiger partial charge in [0.05, 0.1) is 12.0 Å². The second-order valence-electron chi connectivity index (χ2n) is 10.3. The molecule has 1 atom stereocenters. The molecule has 2 heteroatoms. The van der Waals surface area contributed by atoms with Crippen molar-refractivity contribution in [1.82, 2.24) is 4.98 Å². The molecule has 0 aromatic carbocycles. The lowest BCUT2D eigenvalue weighted by Crippen LogP contribution is -2.39. The third-order valence-electron chi connectivity index (χ3n) is 7.00. The molecule has 1 aromatic rings. The molecule has 0 aliphatic heterocycles. The van der Waals surface area contributed by atoms with Gasteiger partial charge in [0, 0.05) is 0 Å². The van der Waals surface area contributed by atoms with E-state index in [-0.39, 0.29) is 0 Å². The number of nitrogens with one attached hydrogen (secondary N) is 1. The molecule has 0 radical (unpaired) electrons. The Hall–Kier alpha value is -0.790. The van der Waals surface area contributed by atoms with Crippen LogP contribution in [0.5, 0.6) is 0 Å². The van der Waals surface area contributed by atoms with E-state index in [0.29, 0.717) is 12.0 Å². The van der Waals surface area contributed by atoms with Gasteiger partial charge >= 0.3 is 0 Å². The smallest absolute Gasteiger partial charge is 0.247 e. The fourth-order valence-corrected chi connectivity index (χ4v) is 4.94. The molecule has 1 heterocycles. The highest BCUT2D eigenvalue weighted by atomic mass is 15.1. The molecule has 1 rings (SSSR count). The van der Waals surface area contributed by atoms with Gasteiger partial charge in [-0.05, 0) is 26.7 Å². The first kappa shape index (κ1) is 28.2. The van der Waals surface area contributed by atoms with Gasteiger partial charge in [-0.3, -0.25) is 0 Å². The molecule has 0 unspecified atom stereocenters. The second kappa shape index (κ2) is 19.9. The highest BCUT2D eigenvalue weighted by Gasteiger charge is 2.23. The van der Waals surface area contributed by atoms with Crippen LogP contribution in [0.2, 0.25) is 0 Å². The molecule has 182 valence electrons. The van der Waals surface area contributed by atoms with E-state index < -0.39 is 0 Å². The second-order valence-corrected chi connectivity index (χ2v) is 10.3. The Balaban J connectivity index is 2.01. The van der Waals surface area contributed by atoms with Gasteiger partial charge in [0.1, 0.15) is 12.4 Å². The summed E-state index contributed by atoms with van der Waals surface area (Å²) in [5.74, 6) is 2.17. The highest BCUT2D eigenvalue weighted by molar-refractivity contribution is 4.90. The molecule has 1 N–H and O–H groups in total. The number of hydrogen-bond donors (Lipinski definition) is 1. The largest absolute Gasteiger partial charge is 0.257 e. The lowest BCUT2D eigenvalue weighted by atomic mass is 9.94. The zero-order valence-electron chi connectivity index (χ0n) is 21.9. The fraction of sp³-hybridized carbons (Fsp3) is 0.897. The maximum Gasteiger partial charge on any atom is 0.257 e. The summed E-state index contributed by atoms with van der Waals surface area (Å²) in [6, 6.07) is 0.552. The molecule has 2 nitrogen and oxygen atoms in total. The van der Waals surface area contributed by atoms with Crippen LogP contribution in [-0.2, 0) is 0 Å². The van der Waals surface area contributed by atoms with E-state index in [9.17, 15) is 0 Å². The van der Waals surface area contributed by atoms with Crippen molar-refractivity contribution in [2.45, 2.75) is 168 Å². The molecule has 1 aromatic heterocycles. The molecule has 0 aliphatic carbocycles. The number of imidazole rings is 1. The van der Waals surface area contributed by atoms with Gasteiger partial charge in [-0.1, -0.05) is 129 Å². The van der Waals surface area contributed by atoms with Crippen LogP contribution in [-0.4, -0.2) is 4.98 Å².